The lowest BCUT2D eigenvalue weighted by Crippen LogP contribution is -2.39. The first kappa shape index (κ1) is 12.9. The highest BCUT2D eigenvalue weighted by atomic mass is 16.1. The second-order valence-electron chi connectivity index (χ2n) is 5.32. The van der Waals surface area contributed by atoms with Gasteiger partial charge in [0.05, 0.1) is 5.56 Å². The summed E-state index contributed by atoms with van der Waals surface area (Å²) in [7, 11) is 0. The Kier molecular flexibility index (Phi) is 3.50. The lowest BCUT2D eigenvalue weighted by molar-refractivity contribution is 0.0932. The Morgan fingerprint density at radius 3 is 2.80 bits per heavy atom. The second-order valence-corrected chi connectivity index (χ2v) is 5.32. The molecule has 1 atom stereocenters. The lowest BCUT2D eigenvalue weighted by Gasteiger charge is -2.25. The Bertz CT molecular complexity index is 636. The molecule has 1 aliphatic carbocycles. The van der Waals surface area contributed by atoms with E-state index in [-0.39, 0.29) is 11.9 Å². The molecular weight excluding hydrogens is 248 g/mol. The standard InChI is InChI=1S/C17H18N2O/c1-12-16(7-4-10-18-12)17(20)19-15-9-8-13-5-2-3-6-14(13)11-15/h2-7,10,15H,8-9,11H2,1H3,(H,19,20)/t15-/m1/s1. The third-order valence-corrected chi connectivity index (χ3v) is 3.93. The zero-order valence-electron chi connectivity index (χ0n) is 11.6. The van der Waals surface area contributed by atoms with Gasteiger partial charge in [-0.3, -0.25) is 9.78 Å². The highest BCUT2D eigenvalue weighted by Crippen LogP contribution is 2.21. The highest BCUT2D eigenvalue weighted by molar-refractivity contribution is 5.95. The minimum absolute atomic E-state index is 0.0139. The lowest BCUT2D eigenvalue weighted by atomic mass is 9.88. The Morgan fingerprint density at radius 2 is 2.00 bits per heavy atom. The monoisotopic (exact) mass is 266 g/mol. The van der Waals surface area contributed by atoms with Crippen molar-refractivity contribution in [3.05, 3.63) is 65.0 Å². The van der Waals surface area contributed by atoms with Gasteiger partial charge in [-0.15, -0.1) is 0 Å². The zero-order valence-corrected chi connectivity index (χ0v) is 11.6. The Labute approximate surface area is 119 Å². The molecule has 1 N–H and O–H groups in total. The van der Waals surface area contributed by atoms with E-state index in [2.05, 4.69) is 34.6 Å². The Hall–Kier alpha value is -2.16. The van der Waals surface area contributed by atoms with Gasteiger partial charge >= 0.3 is 0 Å². The highest BCUT2D eigenvalue weighted by Gasteiger charge is 2.21. The molecule has 3 nitrogen and oxygen atoms in total. The molecule has 102 valence electrons. The summed E-state index contributed by atoms with van der Waals surface area (Å²) in [5.74, 6) is -0.0139. The molecule has 2 aromatic rings. The van der Waals surface area contributed by atoms with Gasteiger partial charge in [0.15, 0.2) is 0 Å². The van der Waals surface area contributed by atoms with Crippen LogP contribution in [-0.4, -0.2) is 16.9 Å². The van der Waals surface area contributed by atoms with E-state index in [1.807, 2.05) is 13.0 Å². The smallest absolute Gasteiger partial charge is 0.253 e. The first-order chi connectivity index (χ1) is 9.74. The number of amides is 1. The molecule has 0 radical (unpaired) electrons. The molecule has 1 amide bonds. The van der Waals surface area contributed by atoms with Crippen LogP contribution in [0.15, 0.2) is 42.6 Å². The number of fused-ring (bicyclic) bond motifs is 1. The number of hydrogen-bond donors (Lipinski definition) is 1. The maximum Gasteiger partial charge on any atom is 0.253 e. The summed E-state index contributed by atoms with van der Waals surface area (Å²) in [5.41, 5.74) is 4.22. The number of carbonyl (C=O) groups excluding carboxylic acids is 1. The van der Waals surface area contributed by atoms with Crippen molar-refractivity contribution in [3.63, 3.8) is 0 Å². The average Bonchev–Trinajstić information content (AvgIpc) is 2.47. The molecule has 0 saturated heterocycles. The zero-order chi connectivity index (χ0) is 13.9. The molecule has 1 aromatic carbocycles. The van der Waals surface area contributed by atoms with Crippen molar-refractivity contribution in [2.75, 3.05) is 0 Å². The van der Waals surface area contributed by atoms with Crippen molar-refractivity contribution in [3.8, 4) is 0 Å². The maximum absolute atomic E-state index is 12.3. The fourth-order valence-corrected chi connectivity index (χ4v) is 2.81. The average molecular weight is 266 g/mol. The van der Waals surface area contributed by atoms with Crippen molar-refractivity contribution >= 4 is 5.91 Å². The predicted octanol–water partition coefficient (Wildman–Crippen LogP) is 2.68. The van der Waals surface area contributed by atoms with Gasteiger partial charge in [-0.2, -0.15) is 0 Å². The number of benzene rings is 1. The van der Waals surface area contributed by atoms with Gasteiger partial charge < -0.3 is 5.32 Å². The van der Waals surface area contributed by atoms with Gasteiger partial charge in [-0.05, 0) is 49.4 Å². The first-order valence-electron chi connectivity index (χ1n) is 7.03. The van der Waals surface area contributed by atoms with Gasteiger partial charge in [-0.1, -0.05) is 24.3 Å². The van der Waals surface area contributed by atoms with Gasteiger partial charge in [0.1, 0.15) is 0 Å². The van der Waals surface area contributed by atoms with Crippen molar-refractivity contribution in [2.45, 2.75) is 32.2 Å². The van der Waals surface area contributed by atoms with E-state index in [1.54, 1.807) is 12.3 Å². The number of pyridine rings is 1. The van der Waals surface area contributed by atoms with E-state index in [0.717, 1.165) is 25.0 Å². The quantitative estimate of drug-likeness (QED) is 0.908. The van der Waals surface area contributed by atoms with Crippen LogP contribution in [0.25, 0.3) is 0 Å². The summed E-state index contributed by atoms with van der Waals surface area (Å²) < 4.78 is 0. The van der Waals surface area contributed by atoms with Crippen molar-refractivity contribution in [1.29, 1.82) is 0 Å². The van der Waals surface area contributed by atoms with E-state index >= 15 is 0 Å². The third-order valence-electron chi connectivity index (χ3n) is 3.93. The SMILES string of the molecule is Cc1ncccc1C(=O)N[C@@H]1CCc2ccccc2C1. The summed E-state index contributed by atoms with van der Waals surface area (Å²) in [6, 6.07) is 12.3. The number of aryl methyl sites for hydroxylation is 2. The molecule has 0 bridgehead atoms. The minimum atomic E-state index is -0.0139. The van der Waals surface area contributed by atoms with Gasteiger partial charge in [-0.25, -0.2) is 0 Å². The number of carbonyl (C=O) groups is 1. The first-order valence-corrected chi connectivity index (χ1v) is 7.03. The number of nitrogens with one attached hydrogen (secondary N) is 1. The minimum Gasteiger partial charge on any atom is -0.349 e. The van der Waals surface area contributed by atoms with Gasteiger partial charge in [0.2, 0.25) is 0 Å². The summed E-state index contributed by atoms with van der Waals surface area (Å²) in [5, 5.41) is 3.14. The van der Waals surface area contributed by atoms with Crippen molar-refractivity contribution < 1.29 is 4.79 Å². The maximum atomic E-state index is 12.3. The second kappa shape index (κ2) is 5.45. The number of aromatic nitrogens is 1. The largest absolute Gasteiger partial charge is 0.349 e. The molecule has 3 rings (SSSR count). The number of rotatable bonds is 2. The normalized spacial score (nSPS) is 17.4. The molecule has 0 saturated carbocycles. The number of nitrogens with zero attached hydrogens (tertiary/aromatic N) is 1. The van der Waals surface area contributed by atoms with Crippen LogP contribution in [0.4, 0.5) is 0 Å². The summed E-state index contributed by atoms with van der Waals surface area (Å²) in [4.78, 5) is 16.5. The molecule has 0 spiro atoms. The molecule has 0 fully saturated rings. The summed E-state index contributed by atoms with van der Waals surface area (Å²) in [6.45, 7) is 1.87. The predicted molar refractivity (Wildman–Crippen MR) is 78.7 cm³/mol. The van der Waals surface area contributed by atoms with Crippen LogP contribution >= 0.6 is 0 Å². The molecule has 1 aromatic heterocycles. The fourth-order valence-electron chi connectivity index (χ4n) is 2.81. The van der Waals surface area contributed by atoms with E-state index in [1.165, 1.54) is 11.1 Å². The summed E-state index contributed by atoms with van der Waals surface area (Å²) in [6.07, 6.45) is 4.67. The van der Waals surface area contributed by atoms with E-state index in [9.17, 15) is 4.79 Å². The van der Waals surface area contributed by atoms with Crippen LogP contribution in [-0.2, 0) is 12.8 Å². The number of hydrogen-bond acceptors (Lipinski definition) is 2. The molecule has 0 aliphatic heterocycles. The van der Waals surface area contributed by atoms with Crippen molar-refractivity contribution in [1.82, 2.24) is 10.3 Å². The van der Waals surface area contributed by atoms with Crippen LogP contribution in [0, 0.1) is 6.92 Å². The van der Waals surface area contributed by atoms with E-state index in [0.29, 0.717) is 5.56 Å². The molecule has 1 aliphatic rings. The Morgan fingerprint density at radius 1 is 1.20 bits per heavy atom. The topological polar surface area (TPSA) is 42.0 Å². The van der Waals surface area contributed by atoms with Crippen LogP contribution in [0.5, 0.6) is 0 Å². The molecule has 3 heteroatoms. The van der Waals surface area contributed by atoms with E-state index < -0.39 is 0 Å². The van der Waals surface area contributed by atoms with Crippen LogP contribution in [0.2, 0.25) is 0 Å². The van der Waals surface area contributed by atoms with Crippen LogP contribution in [0.1, 0.15) is 33.6 Å². The Balaban J connectivity index is 1.71. The van der Waals surface area contributed by atoms with E-state index in [4.69, 9.17) is 0 Å². The van der Waals surface area contributed by atoms with Gasteiger partial charge in [0, 0.05) is 17.9 Å². The fraction of sp³-hybridized carbons (Fsp3) is 0.294. The molecule has 0 unspecified atom stereocenters. The summed E-state index contributed by atoms with van der Waals surface area (Å²) >= 11 is 0. The van der Waals surface area contributed by atoms with Crippen LogP contribution < -0.4 is 5.32 Å². The molecular formula is C17H18N2O. The molecule has 1 heterocycles. The van der Waals surface area contributed by atoms with Crippen molar-refractivity contribution in [2.24, 2.45) is 0 Å². The van der Waals surface area contributed by atoms with Gasteiger partial charge in [0.25, 0.3) is 5.91 Å². The molecule has 20 heavy (non-hydrogen) atoms. The third kappa shape index (κ3) is 2.57. The van der Waals surface area contributed by atoms with Crippen LogP contribution in [0.3, 0.4) is 0 Å².